The molecule has 1 fully saturated rings. The summed E-state index contributed by atoms with van der Waals surface area (Å²) < 4.78 is 5.43. The highest BCUT2D eigenvalue weighted by Gasteiger charge is 2.25. The first-order valence-electron chi connectivity index (χ1n) is 9.53. The molecule has 3 amide bonds. The van der Waals surface area contributed by atoms with Crippen LogP contribution in [-0.4, -0.2) is 53.8 Å². The molecule has 0 bridgehead atoms. The van der Waals surface area contributed by atoms with Crippen molar-refractivity contribution >= 4 is 40.0 Å². The molecule has 156 valence electrons. The van der Waals surface area contributed by atoms with Crippen LogP contribution < -0.4 is 15.5 Å². The van der Waals surface area contributed by atoms with Gasteiger partial charge in [0.2, 0.25) is 0 Å². The lowest BCUT2D eigenvalue weighted by Crippen LogP contribution is -2.50. The predicted molar refractivity (Wildman–Crippen MR) is 116 cm³/mol. The summed E-state index contributed by atoms with van der Waals surface area (Å²) in [7, 11) is 0. The number of ether oxygens (including phenoxy) is 1. The number of carbonyl (C=O) groups excluding carboxylic acids is 2. The average molecular weight is 418 g/mol. The van der Waals surface area contributed by atoms with E-state index in [1.54, 1.807) is 11.1 Å². The standard InChI is InChI=1S/C20H27N5O3S/c1-14-13-21-18(29-14)23-17(26)22-15-5-7-16(8-6-15)24-9-11-25(12-10-24)19(27)28-20(2,3)4/h5-8,13H,9-12H2,1-4H3,(H2,21,22,23,26). The molecule has 29 heavy (non-hydrogen) atoms. The maximum absolute atomic E-state index is 12.2. The molecule has 2 heterocycles. The van der Waals surface area contributed by atoms with Gasteiger partial charge in [-0.15, -0.1) is 11.3 Å². The van der Waals surface area contributed by atoms with Crippen molar-refractivity contribution in [3.8, 4) is 0 Å². The Morgan fingerprint density at radius 2 is 1.72 bits per heavy atom. The Balaban J connectivity index is 1.49. The molecule has 1 saturated heterocycles. The van der Waals surface area contributed by atoms with Crippen LogP contribution in [0.5, 0.6) is 0 Å². The fraction of sp³-hybridized carbons (Fsp3) is 0.450. The maximum atomic E-state index is 12.2. The first-order chi connectivity index (χ1) is 13.7. The highest BCUT2D eigenvalue weighted by Crippen LogP contribution is 2.21. The number of aryl methyl sites for hydroxylation is 1. The van der Waals surface area contributed by atoms with E-state index >= 15 is 0 Å². The summed E-state index contributed by atoms with van der Waals surface area (Å²) in [5.74, 6) is 0. The number of nitrogens with zero attached hydrogens (tertiary/aromatic N) is 3. The summed E-state index contributed by atoms with van der Waals surface area (Å²) in [6.45, 7) is 10.2. The Hall–Kier alpha value is -2.81. The predicted octanol–water partition coefficient (Wildman–Crippen LogP) is 4.15. The van der Waals surface area contributed by atoms with E-state index in [-0.39, 0.29) is 12.1 Å². The SMILES string of the molecule is Cc1cnc(NC(=O)Nc2ccc(N3CCN(C(=O)OC(C)(C)C)CC3)cc2)s1. The fourth-order valence-corrected chi connectivity index (χ4v) is 3.56. The van der Waals surface area contributed by atoms with Crippen LogP contribution in [0.25, 0.3) is 0 Å². The number of piperazine rings is 1. The third kappa shape index (κ3) is 6.08. The van der Waals surface area contributed by atoms with Crippen LogP contribution in [0.15, 0.2) is 30.5 Å². The van der Waals surface area contributed by atoms with E-state index in [1.165, 1.54) is 11.3 Å². The van der Waals surface area contributed by atoms with Gasteiger partial charge in [0.1, 0.15) is 5.60 Å². The van der Waals surface area contributed by atoms with Crippen molar-refractivity contribution in [3.63, 3.8) is 0 Å². The Labute approximate surface area is 174 Å². The van der Waals surface area contributed by atoms with Gasteiger partial charge in [-0.05, 0) is 52.0 Å². The average Bonchev–Trinajstić information content (AvgIpc) is 3.05. The first-order valence-corrected chi connectivity index (χ1v) is 10.3. The molecule has 1 aliphatic rings. The summed E-state index contributed by atoms with van der Waals surface area (Å²) in [6.07, 6.45) is 1.45. The van der Waals surface area contributed by atoms with Gasteiger partial charge in [0.25, 0.3) is 0 Å². The van der Waals surface area contributed by atoms with Gasteiger partial charge >= 0.3 is 12.1 Å². The lowest BCUT2D eigenvalue weighted by atomic mass is 10.2. The second-order valence-corrected chi connectivity index (χ2v) is 9.09. The summed E-state index contributed by atoms with van der Waals surface area (Å²) in [4.78, 5) is 33.3. The van der Waals surface area contributed by atoms with Crippen molar-refractivity contribution < 1.29 is 14.3 Å². The molecular weight excluding hydrogens is 390 g/mol. The largest absolute Gasteiger partial charge is 0.444 e. The number of carbonyl (C=O) groups is 2. The molecule has 0 aliphatic carbocycles. The number of urea groups is 1. The van der Waals surface area contributed by atoms with Gasteiger partial charge < -0.3 is 19.9 Å². The van der Waals surface area contributed by atoms with Crippen LogP contribution in [-0.2, 0) is 4.74 Å². The van der Waals surface area contributed by atoms with E-state index in [1.807, 2.05) is 52.0 Å². The van der Waals surface area contributed by atoms with Crippen molar-refractivity contribution in [1.82, 2.24) is 9.88 Å². The normalized spacial score (nSPS) is 14.5. The number of anilines is 3. The van der Waals surface area contributed by atoms with Crippen molar-refractivity contribution in [2.24, 2.45) is 0 Å². The van der Waals surface area contributed by atoms with Gasteiger partial charge in [-0.2, -0.15) is 0 Å². The number of nitrogens with one attached hydrogen (secondary N) is 2. The smallest absolute Gasteiger partial charge is 0.410 e. The maximum Gasteiger partial charge on any atom is 0.410 e. The van der Waals surface area contributed by atoms with Gasteiger partial charge in [-0.3, -0.25) is 5.32 Å². The molecular formula is C20H27N5O3S. The van der Waals surface area contributed by atoms with Gasteiger partial charge in [-0.1, -0.05) is 0 Å². The van der Waals surface area contributed by atoms with Crippen molar-refractivity contribution in [1.29, 1.82) is 0 Å². The number of benzene rings is 1. The Morgan fingerprint density at radius 3 is 2.28 bits per heavy atom. The Morgan fingerprint density at radius 1 is 1.07 bits per heavy atom. The zero-order valence-electron chi connectivity index (χ0n) is 17.2. The molecule has 0 saturated carbocycles. The van der Waals surface area contributed by atoms with E-state index in [9.17, 15) is 9.59 Å². The number of hydrogen-bond donors (Lipinski definition) is 2. The van der Waals surface area contributed by atoms with E-state index in [4.69, 9.17) is 4.74 Å². The molecule has 2 N–H and O–H groups in total. The van der Waals surface area contributed by atoms with E-state index in [2.05, 4.69) is 20.5 Å². The molecule has 2 aromatic rings. The first kappa shape index (κ1) is 20.9. The molecule has 1 aromatic carbocycles. The number of hydrogen-bond acceptors (Lipinski definition) is 6. The van der Waals surface area contributed by atoms with E-state index in [0.29, 0.717) is 23.9 Å². The number of thiazole rings is 1. The molecule has 0 spiro atoms. The summed E-state index contributed by atoms with van der Waals surface area (Å²) in [5.41, 5.74) is 1.27. The molecule has 8 nitrogen and oxygen atoms in total. The van der Waals surface area contributed by atoms with Crippen LogP contribution in [0.2, 0.25) is 0 Å². The highest BCUT2D eigenvalue weighted by molar-refractivity contribution is 7.15. The molecule has 3 rings (SSSR count). The van der Waals surface area contributed by atoms with Crippen molar-refractivity contribution in [2.45, 2.75) is 33.3 Å². The zero-order chi connectivity index (χ0) is 21.0. The van der Waals surface area contributed by atoms with Crippen LogP contribution in [0.3, 0.4) is 0 Å². The third-order valence-corrected chi connectivity index (χ3v) is 5.09. The molecule has 0 radical (unpaired) electrons. The molecule has 9 heteroatoms. The minimum atomic E-state index is -0.484. The van der Waals surface area contributed by atoms with E-state index in [0.717, 1.165) is 23.7 Å². The molecule has 0 atom stereocenters. The summed E-state index contributed by atoms with van der Waals surface area (Å²) >= 11 is 1.43. The fourth-order valence-electron chi connectivity index (χ4n) is 2.90. The molecule has 0 unspecified atom stereocenters. The number of amides is 3. The second-order valence-electron chi connectivity index (χ2n) is 7.86. The summed E-state index contributed by atoms with van der Waals surface area (Å²) in [6, 6.07) is 7.33. The van der Waals surface area contributed by atoms with Gasteiger partial charge in [-0.25, -0.2) is 14.6 Å². The monoisotopic (exact) mass is 417 g/mol. The number of aromatic nitrogens is 1. The summed E-state index contributed by atoms with van der Waals surface area (Å²) in [5, 5.41) is 6.09. The van der Waals surface area contributed by atoms with Crippen LogP contribution in [0, 0.1) is 6.92 Å². The second kappa shape index (κ2) is 8.69. The lowest BCUT2D eigenvalue weighted by Gasteiger charge is -2.36. The van der Waals surface area contributed by atoms with Crippen LogP contribution >= 0.6 is 11.3 Å². The Kier molecular flexibility index (Phi) is 6.26. The third-order valence-electron chi connectivity index (χ3n) is 4.26. The zero-order valence-corrected chi connectivity index (χ0v) is 18.0. The molecule has 1 aliphatic heterocycles. The van der Waals surface area contributed by atoms with Crippen molar-refractivity contribution in [3.05, 3.63) is 35.3 Å². The van der Waals surface area contributed by atoms with Crippen LogP contribution in [0.1, 0.15) is 25.6 Å². The quantitative estimate of drug-likeness (QED) is 0.783. The van der Waals surface area contributed by atoms with E-state index < -0.39 is 5.60 Å². The number of rotatable bonds is 3. The lowest BCUT2D eigenvalue weighted by molar-refractivity contribution is 0.0240. The molecule has 1 aromatic heterocycles. The van der Waals surface area contributed by atoms with Crippen LogP contribution in [0.4, 0.5) is 26.1 Å². The topological polar surface area (TPSA) is 86.8 Å². The van der Waals surface area contributed by atoms with Gasteiger partial charge in [0.15, 0.2) is 5.13 Å². The van der Waals surface area contributed by atoms with Gasteiger partial charge in [0.05, 0.1) is 0 Å². The highest BCUT2D eigenvalue weighted by atomic mass is 32.1. The Bertz CT molecular complexity index is 852. The van der Waals surface area contributed by atoms with Gasteiger partial charge in [0, 0.05) is 48.6 Å². The van der Waals surface area contributed by atoms with Crippen molar-refractivity contribution in [2.75, 3.05) is 41.7 Å². The minimum Gasteiger partial charge on any atom is -0.444 e. The minimum absolute atomic E-state index is 0.266.